The number of esters is 3. The fourth-order valence-corrected chi connectivity index (χ4v) is 4.63. The number of rotatable bonds is 10. The van der Waals surface area contributed by atoms with Crippen LogP contribution in [0.1, 0.15) is 65.0 Å². The molecule has 0 radical (unpaired) electrons. The number of nitrogens with zero attached hydrogens (tertiary/aromatic N) is 1. The first-order chi connectivity index (χ1) is 18.1. The van der Waals surface area contributed by atoms with Gasteiger partial charge >= 0.3 is 17.9 Å². The van der Waals surface area contributed by atoms with E-state index in [1.54, 1.807) is 6.07 Å². The predicted molar refractivity (Wildman–Crippen MR) is 143 cm³/mol. The summed E-state index contributed by atoms with van der Waals surface area (Å²) in [7, 11) is 2.96. The van der Waals surface area contributed by atoms with Gasteiger partial charge in [-0.25, -0.2) is 0 Å². The van der Waals surface area contributed by atoms with Crippen LogP contribution >= 0.6 is 0 Å². The van der Waals surface area contributed by atoms with Crippen molar-refractivity contribution in [3.8, 4) is 23.0 Å². The van der Waals surface area contributed by atoms with Crippen molar-refractivity contribution in [1.29, 1.82) is 0 Å². The van der Waals surface area contributed by atoms with E-state index in [0.29, 0.717) is 34.3 Å². The van der Waals surface area contributed by atoms with Crippen LogP contribution < -0.4 is 18.9 Å². The Bertz CT molecular complexity index is 1210. The molecule has 206 valence electrons. The molecule has 0 aliphatic carbocycles. The Morgan fingerprint density at radius 1 is 0.868 bits per heavy atom. The average molecular weight is 528 g/mol. The van der Waals surface area contributed by atoms with Gasteiger partial charge < -0.3 is 23.7 Å². The highest BCUT2D eigenvalue weighted by Gasteiger charge is 2.28. The zero-order chi connectivity index (χ0) is 27.8. The molecule has 1 aliphatic heterocycles. The quantitative estimate of drug-likeness (QED) is 0.236. The van der Waals surface area contributed by atoms with Crippen molar-refractivity contribution in [2.24, 2.45) is 0 Å². The Morgan fingerprint density at radius 2 is 1.47 bits per heavy atom. The van der Waals surface area contributed by atoms with Crippen molar-refractivity contribution in [2.45, 2.75) is 59.5 Å². The van der Waals surface area contributed by atoms with Crippen molar-refractivity contribution >= 4 is 28.7 Å². The number of benzene rings is 2. The van der Waals surface area contributed by atoms with Crippen LogP contribution in [-0.4, -0.2) is 56.7 Å². The van der Waals surface area contributed by atoms with Gasteiger partial charge in [-0.3, -0.25) is 19.3 Å². The number of likely N-dealkylation sites (tertiary alicyclic amines) is 1. The molecule has 0 N–H and O–H groups in total. The van der Waals surface area contributed by atoms with Crippen molar-refractivity contribution < 1.29 is 38.1 Å². The van der Waals surface area contributed by atoms with Gasteiger partial charge in [0.15, 0.2) is 0 Å². The summed E-state index contributed by atoms with van der Waals surface area (Å²) in [5.74, 6) is -0.320. The van der Waals surface area contributed by atoms with Crippen LogP contribution in [0.25, 0.3) is 10.8 Å². The second kappa shape index (κ2) is 13.3. The maximum Gasteiger partial charge on any atom is 0.320 e. The summed E-state index contributed by atoms with van der Waals surface area (Å²) in [4.78, 5) is 38.9. The summed E-state index contributed by atoms with van der Waals surface area (Å²) in [5.41, 5.74) is 1.60. The molecule has 1 saturated heterocycles. The first-order valence-electron chi connectivity index (χ1n) is 12.8. The molecule has 38 heavy (non-hydrogen) atoms. The van der Waals surface area contributed by atoms with Gasteiger partial charge in [0, 0.05) is 25.8 Å². The van der Waals surface area contributed by atoms with E-state index in [1.165, 1.54) is 46.6 Å². The Balaban J connectivity index is 2.19. The number of ether oxygens (including phenoxy) is 5. The summed E-state index contributed by atoms with van der Waals surface area (Å²) >= 11 is 0. The van der Waals surface area contributed by atoms with Gasteiger partial charge in [0.2, 0.25) is 0 Å². The zero-order valence-corrected chi connectivity index (χ0v) is 23.0. The molecule has 0 amide bonds. The highest BCUT2D eigenvalue weighted by molar-refractivity contribution is 6.04. The fraction of sp³-hybridized carbons (Fsp3) is 0.483. The number of carbonyl (C=O) groups excluding carboxylic acids is 3. The van der Waals surface area contributed by atoms with E-state index < -0.39 is 18.0 Å². The molecular weight excluding hydrogens is 490 g/mol. The van der Waals surface area contributed by atoms with E-state index in [0.717, 1.165) is 31.5 Å². The Hall–Kier alpha value is -3.59. The van der Waals surface area contributed by atoms with E-state index >= 15 is 0 Å². The molecule has 9 heteroatoms. The minimum atomic E-state index is -0.710. The van der Waals surface area contributed by atoms with Crippen LogP contribution in [0.2, 0.25) is 0 Å². The van der Waals surface area contributed by atoms with Crippen LogP contribution in [0.3, 0.4) is 0 Å². The molecule has 0 spiro atoms. The second-order valence-corrected chi connectivity index (χ2v) is 9.53. The highest BCUT2D eigenvalue weighted by atomic mass is 16.6. The molecule has 1 fully saturated rings. The number of carbonyl (C=O) groups is 3. The molecule has 3 rings (SSSR count). The molecule has 0 saturated carbocycles. The topological polar surface area (TPSA) is 101 Å². The van der Waals surface area contributed by atoms with E-state index in [4.69, 9.17) is 23.7 Å². The third-order valence-electron chi connectivity index (χ3n) is 6.24. The maximum atomic E-state index is 13.1. The van der Waals surface area contributed by atoms with Crippen LogP contribution in [0.4, 0.5) is 0 Å². The third-order valence-corrected chi connectivity index (χ3v) is 6.24. The molecule has 1 aliphatic rings. The summed E-state index contributed by atoms with van der Waals surface area (Å²) in [6.07, 6.45) is 4.96. The third kappa shape index (κ3) is 7.25. The Morgan fingerprint density at radius 3 is 2.00 bits per heavy atom. The largest absolute Gasteiger partial charge is 0.496 e. The fourth-order valence-electron chi connectivity index (χ4n) is 4.63. The van der Waals surface area contributed by atoms with Crippen molar-refractivity contribution in [1.82, 2.24) is 4.90 Å². The first kappa shape index (κ1) is 29.0. The number of piperidine rings is 1. The van der Waals surface area contributed by atoms with Gasteiger partial charge in [-0.1, -0.05) is 18.1 Å². The minimum Gasteiger partial charge on any atom is -0.496 e. The van der Waals surface area contributed by atoms with Crippen LogP contribution in [0.5, 0.6) is 23.0 Å². The molecule has 2 aromatic rings. The summed E-state index contributed by atoms with van der Waals surface area (Å²) in [5, 5.41) is 0.757. The van der Waals surface area contributed by atoms with E-state index in [1.807, 2.05) is 19.9 Å². The van der Waals surface area contributed by atoms with Crippen LogP contribution in [-0.2, 0) is 19.1 Å². The lowest BCUT2D eigenvalue weighted by Gasteiger charge is -2.27. The lowest BCUT2D eigenvalue weighted by molar-refractivity contribution is -0.151. The Kier molecular flexibility index (Phi) is 10.1. The number of hydrogen-bond donors (Lipinski definition) is 0. The number of hydrogen-bond acceptors (Lipinski definition) is 9. The van der Waals surface area contributed by atoms with Gasteiger partial charge in [-0.2, -0.15) is 0 Å². The van der Waals surface area contributed by atoms with E-state index in [9.17, 15) is 14.4 Å². The number of allylic oxidation sites excluding steroid dienone is 1. The van der Waals surface area contributed by atoms with Crippen molar-refractivity contribution in [3.63, 3.8) is 0 Å². The van der Waals surface area contributed by atoms with Gasteiger partial charge in [-0.15, -0.1) is 0 Å². The molecule has 1 atom stereocenters. The highest BCUT2D eigenvalue weighted by Crippen LogP contribution is 2.49. The van der Waals surface area contributed by atoms with E-state index in [2.05, 4.69) is 4.90 Å². The van der Waals surface area contributed by atoms with Gasteiger partial charge in [0.25, 0.3) is 0 Å². The van der Waals surface area contributed by atoms with Gasteiger partial charge in [-0.05, 0) is 58.0 Å². The monoisotopic (exact) mass is 527 g/mol. The molecule has 1 heterocycles. The summed E-state index contributed by atoms with van der Waals surface area (Å²) < 4.78 is 28.5. The number of fused-ring (bicyclic) bond motifs is 1. The van der Waals surface area contributed by atoms with E-state index in [-0.39, 0.29) is 24.0 Å². The normalized spacial score (nSPS) is 14.4. The molecule has 9 nitrogen and oxygen atoms in total. The molecule has 0 unspecified atom stereocenters. The average Bonchev–Trinajstić information content (AvgIpc) is 2.86. The smallest absolute Gasteiger partial charge is 0.320 e. The summed E-state index contributed by atoms with van der Waals surface area (Å²) in [6.45, 7) is 8.45. The van der Waals surface area contributed by atoms with Crippen LogP contribution in [0.15, 0.2) is 29.8 Å². The zero-order valence-electron chi connectivity index (χ0n) is 23.0. The molecular formula is C29H37NO8. The second-order valence-electron chi connectivity index (χ2n) is 9.53. The van der Waals surface area contributed by atoms with Gasteiger partial charge in [0.1, 0.15) is 29.1 Å². The summed E-state index contributed by atoms with van der Waals surface area (Å²) in [6, 6.07) is 4.77. The van der Waals surface area contributed by atoms with Crippen LogP contribution in [0, 0.1) is 0 Å². The molecule has 0 bridgehead atoms. The standard InChI is InChI=1S/C29H37NO8/c1-18(2)10-11-22(38-26(33)17-30-14-8-7-9-15-30)21-16-25(34-5)27-23(36-19(3)31)12-13-24(37-20(4)32)28(27)29(21)35-6/h10,12-13,16,22H,7-9,11,14-15,17H2,1-6H3/t22-/m0/s1. The maximum absolute atomic E-state index is 13.1. The van der Waals surface area contributed by atoms with Crippen molar-refractivity contribution in [2.75, 3.05) is 33.9 Å². The Labute approximate surface area is 223 Å². The number of methoxy groups -OCH3 is 2. The first-order valence-corrected chi connectivity index (χ1v) is 12.8. The lowest BCUT2D eigenvalue weighted by atomic mass is 9.96. The minimum absolute atomic E-state index is 0.195. The van der Waals surface area contributed by atoms with Crippen molar-refractivity contribution in [3.05, 3.63) is 35.4 Å². The predicted octanol–water partition coefficient (Wildman–Crippen LogP) is 5.13. The molecule has 2 aromatic carbocycles. The SMILES string of the molecule is COc1cc([C@H](CC=C(C)C)OC(=O)CN2CCCCC2)c(OC)c2c(OC(C)=O)ccc(OC(C)=O)c12. The lowest BCUT2D eigenvalue weighted by Crippen LogP contribution is -2.35. The molecule has 0 aromatic heterocycles. The van der Waals surface area contributed by atoms with Gasteiger partial charge in [0.05, 0.1) is 31.5 Å².